The fourth-order valence-electron chi connectivity index (χ4n) is 2.57. The molecule has 0 saturated carbocycles. The minimum atomic E-state index is -0.557. The molecule has 0 atom stereocenters. The number of aromatic nitrogens is 2. The number of carbonyl (C=O) groups excluding carboxylic acids is 1. The van der Waals surface area contributed by atoms with Crippen molar-refractivity contribution in [3.05, 3.63) is 86.2 Å². The van der Waals surface area contributed by atoms with Gasteiger partial charge in [0.25, 0.3) is 11.6 Å². The van der Waals surface area contributed by atoms with E-state index < -0.39 is 10.8 Å². The van der Waals surface area contributed by atoms with Gasteiger partial charge in [-0.2, -0.15) is 0 Å². The molecule has 2 aromatic carbocycles. The summed E-state index contributed by atoms with van der Waals surface area (Å²) in [5.41, 5.74) is 3.18. The van der Waals surface area contributed by atoms with Gasteiger partial charge < -0.3 is 5.32 Å². The lowest BCUT2D eigenvalue weighted by molar-refractivity contribution is -0.384. The highest BCUT2D eigenvalue weighted by atomic mass is 35.5. The summed E-state index contributed by atoms with van der Waals surface area (Å²) in [6.45, 7) is 3.76. The first kappa shape index (κ1) is 20.8. The zero-order valence-corrected chi connectivity index (χ0v) is 17.3. The number of hydrogen-bond donors (Lipinski definition) is 1. The van der Waals surface area contributed by atoms with Crippen molar-refractivity contribution < 1.29 is 9.72 Å². The summed E-state index contributed by atoms with van der Waals surface area (Å²) in [4.78, 5) is 31.6. The number of nitrogens with one attached hydrogen (secondary N) is 1. The van der Waals surface area contributed by atoms with Crippen molar-refractivity contribution in [3.8, 4) is 0 Å². The van der Waals surface area contributed by atoms with E-state index in [1.165, 1.54) is 30.1 Å². The van der Waals surface area contributed by atoms with Crippen molar-refractivity contribution >= 4 is 40.6 Å². The summed E-state index contributed by atoms with van der Waals surface area (Å²) in [6, 6.07) is 12.3. The molecule has 3 aromatic rings. The minimum absolute atomic E-state index is 0.0133. The number of rotatable bonds is 6. The average molecular weight is 429 g/mol. The number of nitro groups is 1. The molecule has 0 aliphatic carbocycles. The Bertz CT molecular complexity index is 1090. The minimum Gasteiger partial charge on any atom is -0.320 e. The van der Waals surface area contributed by atoms with Gasteiger partial charge in [-0.05, 0) is 25.0 Å². The standard InChI is InChI=1S/C20H17ClN4O3S/c1-12-4-3-5-14(8-12)11-29-20-22-10-16(21)18(24-20)19(26)23-17-9-15(25(27)28)7-6-13(17)2/h3-10H,11H2,1-2H3,(H,23,26). The van der Waals surface area contributed by atoms with Crippen LogP contribution in [0.15, 0.2) is 53.8 Å². The van der Waals surface area contributed by atoms with Gasteiger partial charge in [0.2, 0.25) is 0 Å². The lowest BCUT2D eigenvalue weighted by atomic mass is 10.1. The molecule has 0 spiro atoms. The molecule has 0 aliphatic heterocycles. The van der Waals surface area contributed by atoms with E-state index in [2.05, 4.69) is 21.4 Å². The van der Waals surface area contributed by atoms with Crippen LogP contribution in [0.25, 0.3) is 0 Å². The lowest BCUT2D eigenvalue weighted by Gasteiger charge is -2.09. The number of amides is 1. The monoisotopic (exact) mass is 428 g/mol. The first-order chi connectivity index (χ1) is 13.8. The quantitative estimate of drug-likeness (QED) is 0.251. The lowest BCUT2D eigenvalue weighted by Crippen LogP contribution is -2.16. The number of halogens is 1. The highest BCUT2D eigenvalue weighted by Gasteiger charge is 2.17. The largest absolute Gasteiger partial charge is 0.320 e. The third-order valence-electron chi connectivity index (χ3n) is 4.07. The number of non-ortho nitro benzene ring substituents is 1. The molecule has 0 bridgehead atoms. The molecule has 9 heteroatoms. The molecule has 0 fully saturated rings. The Balaban J connectivity index is 1.78. The molecule has 0 radical (unpaired) electrons. The van der Waals surface area contributed by atoms with Crippen molar-refractivity contribution in [3.63, 3.8) is 0 Å². The van der Waals surface area contributed by atoms with E-state index in [1.54, 1.807) is 13.0 Å². The molecule has 148 valence electrons. The van der Waals surface area contributed by atoms with Crippen LogP contribution in [0.5, 0.6) is 0 Å². The molecule has 1 heterocycles. The topological polar surface area (TPSA) is 98.0 Å². The zero-order valence-electron chi connectivity index (χ0n) is 15.7. The van der Waals surface area contributed by atoms with Crippen LogP contribution >= 0.6 is 23.4 Å². The number of hydrogen-bond acceptors (Lipinski definition) is 6. The number of nitro benzene ring substituents is 1. The van der Waals surface area contributed by atoms with Gasteiger partial charge >= 0.3 is 0 Å². The number of anilines is 1. The van der Waals surface area contributed by atoms with Gasteiger partial charge in [-0.3, -0.25) is 14.9 Å². The van der Waals surface area contributed by atoms with Gasteiger partial charge in [0.15, 0.2) is 10.9 Å². The predicted octanol–water partition coefficient (Wildman–Crippen LogP) is 5.20. The molecule has 1 amide bonds. The second-order valence-corrected chi connectivity index (χ2v) is 7.69. The number of aryl methyl sites for hydroxylation is 2. The summed E-state index contributed by atoms with van der Waals surface area (Å²) < 4.78 is 0. The maximum absolute atomic E-state index is 12.7. The second kappa shape index (κ2) is 9.02. The number of thioether (sulfide) groups is 1. The molecular weight excluding hydrogens is 412 g/mol. The summed E-state index contributed by atoms with van der Waals surface area (Å²) in [5.74, 6) is 0.0901. The molecule has 0 aliphatic rings. The molecule has 0 unspecified atom stereocenters. The number of carbonyl (C=O) groups is 1. The van der Waals surface area contributed by atoms with Gasteiger partial charge in [-0.25, -0.2) is 9.97 Å². The van der Waals surface area contributed by atoms with Crippen LogP contribution in [0.1, 0.15) is 27.2 Å². The van der Waals surface area contributed by atoms with Crippen LogP contribution in [-0.2, 0) is 5.75 Å². The highest BCUT2D eigenvalue weighted by molar-refractivity contribution is 7.98. The highest BCUT2D eigenvalue weighted by Crippen LogP contribution is 2.25. The van der Waals surface area contributed by atoms with Gasteiger partial charge in [0.05, 0.1) is 21.8 Å². The Morgan fingerprint density at radius 3 is 2.76 bits per heavy atom. The summed E-state index contributed by atoms with van der Waals surface area (Å²) in [5, 5.41) is 14.1. The van der Waals surface area contributed by atoms with Crippen molar-refractivity contribution in [2.75, 3.05) is 5.32 Å². The first-order valence-corrected chi connectivity index (χ1v) is 9.97. The second-order valence-electron chi connectivity index (χ2n) is 6.34. The van der Waals surface area contributed by atoms with Crippen LogP contribution in [-0.4, -0.2) is 20.8 Å². The summed E-state index contributed by atoms with van der Waals surface area (Å²) in [7, 11) is 0. The SMILES string of the molecule is Cc1cccc(CSc2ncc(Cl)c(C(=O)Nc3cc([N+](=O)[O-])ccc3C)n2)c1. The van der Waals surface area contributed by atoms with E-state index >= 15 is 0 Å². The Hall–Kier alpha value is -2.97. The average Bonchev–Trinajstić information content (AvgIpc) is 2.68. The van der Waals surface area contributed by atoms with E-state index in [-0.39, 0.29) is 16.4 Å². The van der Waals surface area contributed by atoms with Gasteiger partial charge in [0.1, 0.15) is 0 Å². The maximum Gasteiger partial charge on any atom is 0.275 e. The molecule has 7 nitrogen and oxygen atoms in total. The predicted molar refractivity (Wildman–Crippen MR) is 114 cm³/mol. The number of benzene rings is 2. The van der Waals surface area contributed by atoms with E-state index in [9.17, 15) is 14.9 Å². The van der Waals surface area contributed by atoms with Gasteiger partial charge in [-0.15, -0.1) is 0 Å². The van der Waals surface area contributed by atoms with Gasteiger partial charge in [-0.1, -0.05) is 59.3 Å². The van der Waals surface area contributed by atoms with Crippen LogP contribution in [0, 0.1) is 24.0 Å². The van der Waals surface area contributed by atoms with Crippen LogP contribution in [0.4, 0.5) is 11.4 Å². The number of nitrogens with zero attached hydrogens (tertiary/aromatic N) is 3. The fraction of sp³-hybridized carbons (Fsp3) is 0.150. The van der Waals surface area contributed by atoms with E-state index in [0.717, 1.165) is 11.1 Å². The van der Waals surface area contributed by atoms with Crippen molar-refractivity contribution in [2.45, 2.75) is 24.8 Å². The molecular formula is C20H17ClN4O3S. The molecule has 29 heavy (non-hydrogen) atoms. The van der Waals surface area contributed by atoms with Crippen LogP contribution < -0.4 is 5.32 Å². The van der Waals surface area contributed by atoms with Gasteiger partial charge in [0, 0.05) is 17.9 Å². The zero-order chi connectivity index (χ0) is 21.0. The third kappa shape index (κ3) is 5.30. The van der Waals surface area contributed by atoms with Crippen molar-refractivity contribution in [2.24, 2.45) is 0 Å². The van der Waals surface area contributed by atoms with E-state index in [4.69, 9.17) is 11.6 Å². The van der Waals surface area contributed by atoms with Crippen LogP contribution in [0.2, 0.25) is 5.02 Å². The summed E-state index contributed by atoms with van der Waals surface area (Å²) in [6.07, 6.45) is 1.38. The molecule has 1 N–H and O–H groups in total. The Kier molecular flexibility index (Phi) is 6.46. The Morgan fingerprint density at radius 1 is 1.24 bits per heavy atom. The molecule has 0 saturated heterocycles. The Morgan fingerprint density at radius 2 is 2.03 bits per heavy atom. The fourth-order valence-corrected chi connectivity index (χ4v) is 3.50. The Labute approximate surface area is 176 Å². The van der Waals surface area contributed by atoms with Crippen molar-refractivity contribution in [1.82, 2.24) is 9.97 Å². The normalized spacial score (nSPS) is 10.6. The smallest absolute Gasteiger partial charge is 0.275 e. The first-order valence-electron chi connectivity index (χ1n) is 8.61. The van der Waals surface area contributed by atoms with Crippen molar-refractivity contribution in [1.29, 1.82) is 0 Å². The van der Waals surface area contributed by atoms with E-state index in [0.29, 0.717) is 22.2 Å². The summed E-state index contributed by atoms with van der Waals surface area (Å²) >= 11 is 7.50. The molecule has 3 rings (SSSR count). The van der Waals surface area contributed by atoms with Crippen LogP contribution in [0.3, 0.4) is 0 Å². The third-order valence-corrected chi connectivity index (χ3v) is 5.28. The maximum atomic E-state index is 12.7. The van der Waals surface area contributed by atoms with E-state index in [1.807, 2.05) is 25.1 Å². The molecule has 1 aromatic heterocycles.